The Bertz CT molecular complexity index is 2500. The topological polar surface area (TPSA) is 89.5 Å². The van der Waals surface area contributed by atoms with E-state index in [1.54, 1.807) is 13.2 Å². The number of hydrogen-bond acceptors (Lipinski definition) is 9. The van der Waals surface area contributed by atoms with E-state index in [9.17, 15) is 4.79 Å². The minimum atomic E-state index is -2.14. The number of benzene rings is 3. The van der Waals surface area contributed by atoms with E-state index < -0.39 is 19.5 Å². The quantitative estimate of drug-likeness (QED) is 0.0631. The first-order valence-corrected chi connectivity index (χ1v) is 25.7. The molecule has 8 rings (SSSR count). The van der Waals surface area contributed by atoms with E-state index in [2.05, 4.69) is 69.4 Å². The number of methoxy groups -OCH3 is 1. The van der Waals surface area contributed by atoms with Gasteiger partial charge in [-0.15, -0.1) is 5.54 Å². The Hall–Kier alpha value is -4.41. The second kappa shape index (κ2) is 17.8. The molecule has 0 saturated carbocycles. The van der Waals surface area contributed by atoms with Crippen molar-refractivity contribution in [3.05, 3.63) is 65.0 Å². The Labute approximate surface area is 384 Å². The average molecular weight is 911 g/mol. The molecule has 4 aliphatic rings. The zero-order valence-electron chi connectivity index (χ0n) is 39.4. The van der Waals surface area contributed by atoms with Gasteiger partial charge in [0.25, 0.3) is 0 Å². The molecule has 3 atom stereocenters. The molecule has 1 unspecified atom stereocenters. The fourth-order valence-electron chi connectivity index (χ4n) is 11.6. The van der Waals surface area contributed by atoms with Crippen molar-refractivity contribution in [1.29, 1.82) is 0 Å². The molecule has 0 radical (unpaired) electrons. The fourth-order valence-corrected chi connectivity index (χ4v) is 17.1. The van der Waals surface area contributed by atoms with E-state index in [1.165, 1.54) is 5.57 Å². The van der Waals surface area contributed by atoms with Gasteiger partial charge in [-0.05, 0) is 111 Å². The number of halogens is 2. The maximum Gasteiger partial charge on any atom is 0.410 e. The van der Waals surface area contributed by atoms with Gasteiger partial charge in [0.15, 0.2) is 12.6 Å². The first kappa shape index (κ1) is 46.1. The normalized spacial score (nSPS) is 21.4. The molecule has 0 aliphatic carbocycles. The second-order valence-electron chi connectivity index (χ2n) is 20.5. The molecular weight excluding hydrogens is 845 g/mol. The standard InChI is InChI=1S/C51H65ClFN5O5Si/c1-31(2)64(32(3)4,33(5)6)21-18-35-14-12-15-36-22-39(62-30-60-11)23-40(43(35)36)44-42(52)24-41-46(45(44)53)54-48(61-29-51-19-13-20-57(51)26-34(7)25-51)55-47(41)56-27-37-16-17-38(28-56)58(37)49(59)63-50(8,9)10/h12,14-15,22-24,31-33,37-38H,7,13,16-17,19-20,25-30H2,1-6,8-11H3/t37-,38+,51?. The minimum Gasteiger partial charge on any atom is -0.468 e. The van der Waals surface area contributed by atoms with Crippen LogP contribution in [0, 0.1) is 17.3 Å². The Balaban J connectivity index is 1.30. The van der Waals surface area contributed by atoms with Crippen LogP contribution in [0.2, 0.25) is 21.6 Å². The van der Waals surface area contributed by atoms with Gasteiger partial charge in [0.2, 0.25) is 0 Å². The van der Waals surface area contributed by atoms with Crippen LogP contribution < -0.4 is 14.4 Å². The molecule has 4 fully saturated rings. The lowest BCUT2D eigenvalue weighted by Gasteiger charge is -2.42. The predicted octanol–water partition coefficient (Wildman–Crippen LogP) is 11.6. The highest BCUT2D eigenvalue weighted by Crippen LogP contribution is 2.46. The number of aromatic nitrogens is 2. The summed E-state index contributed by atoms with van der Waals surface area (Å²) in [5.41, 5.74) is 7.18. The third-order valence-corrected chi connectivity index (χ3v) is 20.9. The van der Waals surface area contributed by atoms with Crippen molar-refractivity contribution in [2.24, 2.45) is 0 Å². The Morgan fingerprint density at radius 3 is 2.39 bits per heavy atom. The van der Waals surface area contributed by atoms with Crippen molar-refractivity contribution in [2.45, 2.75) is 134 Å². The summed E-state index contributed by atoms with van der Waals surface area (Å²) in [6.07, 6.45) is 4.22. The zero-order valence-corrected chi connectivity index (χ0v) is 41.1. The predicted molar refractivity (Wildman–Crippen MR) is 258 cm³/mol. The van der Waals surface area contributed by atoms with Gasteiger partial charge in [-0.3, -0.25) is 9.80 Å². The Morgan fingerprint density at radius 1 is 1.03 bits per heavy atom. The lowest BCUT2D eigenvalue weighted by Crippen LogP contribution is -2.57. The Kier molecular flexibility index (Phi) is 12.8. The lowest BCUT2D eigenvalue weighted by molar-refractivity contribution is 0.0122. The highest BCUT2D eigenvalue weighted by Gasteiger charge is 2.48. The van der Waals surface area contributed by atoms with Gasteiger partial charge in [-0.1, -0.05) is 83.3 Å². The Morgan fingerprint density at radius 2 is 1.73 bits per heavy atom. The molecular formula is C51H65ClFN5O5Si. The van der Waals surface area contributed by atoms with Crippen molar-refractivity contribution >= 4 is 53.3 Å². The maximum absolute atomic E-state index is 18.1. The molecule has 13 heteroatoms. The van der Waals surface area contributed by atoms with Gasteiger partial charge >= 0.3 is 12.1 Å². The van der Waals surface area contributed by atoms with Gasteiger partial charge in [0.05, 0.1) is 22.6 Å². The molecule has 3 aromatic carbocycles. The third-order valence-electron chi connectivity index (χ3n) is 14.3. The summed E-state index contributed by atoms with van der Waals surface area (Å²) in [5.74, 6) is 4.10. The summed E-state index contributed by atoms with van der Waals surface area (Å²) in [5, 5.41) is 2.28. The van der Waals surface area contributed by atoms with E-state index in [0.29, 0.717) is 58.8 Å². The SMILES string of the molecule is C=C1CN2CCCC2(COc2nc(N3C[C@H]4CC[C@@H](C3)N4C(=O)OC(C)(C)C)c3cc(Cl)c(-c4cc(OCOC)cc5cccc(C#C[Si](C(C)C)(C(C)C)C(C)C)c45)c(F)c3n2)C1. The smallest absolute Gasteiger partial charge is 0.410 e. The van der Waals surface area contributed by atoms with Gasteiger partial charge in [-0.25, -0.2) is 9.18 Å². The number of hydrogen-bond donors (Lipinski definition) is 0. The summed E-state index contributed by atoms with van der Waals surface area (Å²) < 4.78 is 41.9. The van der Waals surface area contributed by atoms with Crippen molar-refractivity contribution in [1.82, 2.24) is 19.8 Å². The largest absolute Gasteiger partial charge is 0.468 e. The van der Waals surface area contributed by atoms with Crippen molar-refractivity contribution in [2.75, 3.05) is 51.6 Å². The van der Waals surface area contributed by atoms with Crippen LogP contribution in [0.25, 0.3) is 32.8 Å². The number of amides is 1. The van der Waals surface area contributed by atoms with Crippen molar-refractivity contribution in [3.8, 4) is 34.4 Å². The van der Waals surface area contributed by atoms with Gasteiger partial charge in [0.1, 0.15) is 37.4 Å². The molecule has 10 nitrogen and oxygen atoms in total. The van der Waals surface area contributed by atoms with E-state index in [0.717, 1.165) is 61.5 Å². The van der Waals surface area contributed by atoms with E-state index in [4.69, 9.17) is 40.5 Å². The van der Waals surface area contributed by atoms with Gasteiger partial charge in [0, 0.05) is 48.6 Å². The summed E-state index contributed by atoms with van der Waals surface area (Å²) in [7, 11) is -0.576. The average Bonchev–Trinajstić information content (AvgIpc) is 3.84. The van der Waals surface area contributed by atoms with Crippen LogP contribution in [0.4, 0.5) is 15.0 Å². The lowest BCUT2D eigenvalue weighted by atomic mass is 9.93. The minimum absolute atomic E-state index is 0.0103. The molecule has 1 amide bonds. The third kappa shape index (κ3) is 8.47. The van der Waals surface area contributed by atoms with Crippen LogP contribution in [0.1, 0.15) is 100.0 Å². The number of rotatable bonds is 11. The summed E-state index contributed by atoms with van der Waals surface area (Å²) in [6.45, 7) is 26.9. The first-order valence-electron chi connectivity index (χ1n) is 23.1. The van der Waals surface area contributed by atoms with Crippen LogP contribution in [0.3, 0.4) is 0 Å². The van der Waals surface area contributed by atoms with Crippen LogP contribution in [0.15, 0.2) is 48.6 Å². The highest BCUT2D eigenvalue weighted by atomic mass is 35.5. The summed E-state index contributed by atoms with van der Waals surface area (Å²) in [4.78, 5) is 29.9. The molecule has 1 aromatic heterocycles. The second-order valence-corrected chi connectivity index (χ2v) is 26.5. The fraction of sp³-hybridized carbons (Fsp3) is 0.549. The van der Waals surface area contributed by atoms with Crippen LogP contribution >= 0.6 is 11.6 Å². The van der Waals surface area contributed by atoms with Crippen LogP contribution in [-0.2, 0) is 9.47 Å². The van der Waals surface area contributed by atoms with Gasteiger partial charge < -0.3 is 23.8 Å². The molecule has 2 bridgehead atoms. The van der Waals surface area contributed by atoms with Gasteiger partial charge in [-0.2, -0.15) is 9.97 Å². The van der Waals surface area contributed by atoms with Crippen LogP contribution in [-0.4, -0.2) is 104 Å². The number of ether oxygens (including phenoxy) is 4. The monoisotopic (exact) mass is 909 g/mol. The number of nitrogens with zero attached hydrogens (tertiary/aromatic N) is 5. The highest BCUT2D eigenvalue weighted by molar-refractivity contribution is 6.90. The molecule has 4 aliphatic heterocycles. The summed E-state index contributed by atoms with van der Waals surface area (Å²) in [6, 6.07) is 11.4. The number of piperazine rings is 1. The molecule has 0 N–H and O–H groups in total. The molecule has 4 aromatic rings. The van der Waals surface area contributed by atoms with E-state index in [-0.39, 0.29) is 52.6 Å². The summed E-state index contributed by atoms with van der Waals surface area (Å²) >= 11 is 7.37. The van der Waals surface area contributed by atoms with E-state index >= 15 is 4.39 Å². The molecule has 4 saturated heterocycles. The molecule has 5 heterocycles. The van der Waals surface area contributed by atoms with Crippen molar-refractivity contribution in [3.63, 3.8) is 0 Å². The van der Waals surface area contributed by atoms with Crippen LogP contribution in [0.5, 0.6) is 11.8 Å². The number of carbonyl (C=O) groups is 1. The number of anilines is 1. The maximum atomic E-state index is 18.1. The molecule has 64 heavy (non-hydrogen) atoms. The number of fused-ring (bicyclic) bond motifs is 5. The number of carbonyl (C=O) groups excluding carboxylic acids is 1. The molecule has 342 valence electrons. The first-order chi connectivity index (χ1) is 30.4. The zero-order chi connectivity index (χ0) is 45.9. The molecule has 0 spiro atoms. The van der Waals surface area contributed by atoms with E-state index in [1.807, 2.05) is 56.0 Å². The van der Waals surface area contributed by atoms with Crippen molar-refractivity contribution < 1.29 is 28.1 Å².